The Kier molecular flexibility index (Phi) is 6.05. The summed E-state index contributed by atoms with van der Waals surface area (Å²) in [6.07, 6.45) is 1.45. The number of aliphatic hydroxyl groups excluding tert-OH is 1. The lowest BCUT2D eigenvalue weighted by molar-refractivity contribution is -0.136. The van der Waals surface area contributed by atoms with Crippen molar-refractivity contribution in [3.8, 4) is 17.1 Å². The van der Waals surface area contributed by atoms with Gasteiger partial charge in [0.05, 0.1) is 25.8 Å². The molecule has 11 heteroatoms. The smallest absolute Gasteiger partial charge is 0.362 e. The summed E-state index contributed by atoms with van der Waals surface area (Å²) in [5.41, 5.74) is 1.29. The highest BCUT2D eigenvalue weighted by Crippen LogP contribution is 2.26. The lowest BCUT2D eigenvalue weighted by Gasteiger charge is -2.15. The van der Waals surface area contributed by atoms with Crippen molar-refractivity contribution in [2.75, 3.05) is 32.1 Å². The summed E-state index contributed by atoms with van der Waals surface area (Å²) in [5.74, 6) is -0.617. The predicted octanol–water partition coefficient (Wildman–Crippen LogP) is 1.71. The molecule has 0 bridgehead atoms. The maximum Gasteiger partial charge on any atom is 0.362 e. The number of amides is 1. The number of carbonyl (C=O) groups excluding carboxylic acids is 2. The summed E-state index contributed by atoms with van der Waals surface area (Å²) < 4.78 is 11.7. The van der Waals surface area contributed by atoms with Crippen molar-refractivity contribution in [1.29, 1.82) is 0 Å². The third-order valence-corrected chi connectivity index (χ3v) is 5.71. The summed E-state index contributed by atoms with van der Waals surface area (Å²) in [7, 11) is 1.23. The van der Waals surface area contributed by atoms with Gasteiger partial charge in [0.25, 0.3) is 5.91 Å². The molecule has 0 saturated carbocycles. The van der Waals surface area contributed by atoms with Gasteiger partial charge in [0, 0.05) is 29.2 Å². The molecule has 0 aliphatic carbocycles. The van der Waals surface area contributed by atoms with Gasteiger partial charge < -0.3 is 24.5 Å². The SMILES string of the molecule is COC(=O)C1=C(Nc2ccc3cc(-n4cnc(-c5ccccc5)n4)c(=O)oc3c2)C(=O)N(CCO)C1. The number of rotatable bonds is 7. The molecule has 1 amide bonds. The van der Waals surface area contributed by atoms with Crippen LogP contribution in [0.15, 0.2) is 81.4 Å². The number of aliphatic hydroxyl groups is 1. The number of nitrogens with zero attached hydrogens (tertiary/aromatic N) is 4. The maximum atomic E-state index is 12.8. The highest BCUT2D eigenvalue weighted by Gasteiger charge is 2.34. The molecule has 11 nitrogen and oxygen atoms in total. The van der Waals surface area contributed by atoms with E-state index < -0.39 is 17.5 Å². The van der Waals surface area contributed by atoms with Crippen molar-refractivity contribution < 1.29 is 23.8 Å². The van der Waals surface area contributed by atoms with E-state index >= 15 is 0 Å². The number of hydrogen-bond donors (Lipinski definition) is 2. The van der Waals surface area contributed by atoms with Crippen LogP contribution < -0.4 is 10.9 Å². The van der Waals surface area contributed by atoms with Crippen molar-refractivity contribution in [1.82, 2.24) is 19.7 Å². The fourth-order valence-electron chi connectivity index (χ4n) is 3.93. The third kappa shape index (κ3) is 4.23. The van der Waals surface area contributed by atoms with Gasteiger partial charge in [-0.05, 0) is 18.2 Å². The van der Waals surface area contributed by atoms with Crippen LogP contribution in [0.5, 0.6) is 0 Å². The molecule has 2 aromatic carbocycles. The number of methoxy groups -OCH3 is 1. The zero-order valence-electron chi connectivity index (χ0n) is 19.2. The molecule has 0 unspecified atom stereocenters. The highest BCUT2D eigenvalue weighted by atomic mass is 16.5. The molecule has 1 aliphatic heterocycles. The van der Waals surface area contributed by atoms with Gasteiger partial charge in [0.1, 0.15) is 17.6 Å². The maximum absolute atomic E-state index is 12.8. The van der Waals surface area contributed by atoms with E-state index in [0.29, 0.717) is 16.9 Å². The number of carbonyl (C=O) groups is 2. The molecule has 182 valence electrons. The van der Waals surface area contributed by atoms with Crippen LogP contribution in [0.4, 0.5) is 5.69 Å². The van der Waals surface area contributed by atoms with E-state index in [1.807, 2.05) is 30.3 Å². The minimum absolute atomic E-state index is 0.0172. The number of ether oxygens (including phenoxy) is 1. The Balaban J connectivity index is 1.46. The van der Waals surface area contributed by atoms with Gasteiger partial charge >= 0.3 is 11.6 Å². The number of hydrogen-bond acceptors (Lipinski definition) is 9. The Morgan fingerprint density at radius 2 is 1.97 bits per heavy atom. The number of aromatic nitrogens is 3. The molecule has 0 radical (unpaired) electrons. The Morgan fingerprint density at radius 1 is 1.17 bits per heavy atom. The van der Waals surface area contributed by atoms with Gasteiger partial charge in [-0.2, -0.15) is 0 Å². The standard InChI is InChI=1S/C25H21N5O6/c1-35-24(33)18-13-29(9-10-31)23(32)21(18)27-17-8-7-16-11-19(25(34)36-20(16)12-17)30-14-26-22(28-30)15-5-3-2-4-6-15/h2-8,11-12,14,27,31H,9-10,13H2,1H3. The Bertz CT molecular complexity index is 1560. The first-order valence-electron chi connectivity index (χ1n) is 11.0. The Morgan fingerprint density at radius 3 is 2.72 bits per heavy atom. The van der Waals surface area contributed by atoms with E-state index in [2.05, 4.69) is 15.4 Å². The van der Waals surface area contributed by atoms with Crippen molar-refractivity contribution in [3.63, 3.8) is 0 Å². The zero-order chi connectivity index (χ0) is 25.2. The van der Waals surface area contributed by atoms with Gasteiger partial charge in [-0.3, -0.25) is 4.79 Å². The molecule has 2 N–H and O–H groups in total. The van der Waals surface area contributed by atoms with Gasteiger partial charge in [0.15, 0.2) is 11.5 Å². The van der Waals surface area contributed by atoms with Crippen LogP contribution in [0.3, 0.4) is 0 Å². The van der Waals surface area contributed by atoms with Gasteiger partial charge in [-0.1, -0.05) is 30.3 Å². The molecule has 2 aromatic heterocycles. The van der Waals surface area contributed by atoms with Crippen molar-refractivity contribution in [3.05, 3.63) is 82.6 Å². The topological polar surface area (TPSA) is 140 Å². The Labute approximate surface area is 204 Å². The zero-order valence-corrected chi connectivity index (χ0v) is 19.2. The van der Waals surface area contributed by atoms with E-state index in [0.717, 1.165) is 5.56 Å². The number of benzene rings is 2. The number of fused-ring (bicyclic) bond motifs is 1. The molecule has 5 rings (SSSR count). The molecule has 0 saturated heterocycles. The van der Waals surface area contributed by atoms with Crippen molar-refractivity contribution >= 4 is 28.5 Å². The average Bonchev–Trinajstić information content (AvgIpc) is 3.50. The van der Waals surface area contributed by atoms with E-state index in [1.165, 1.54) is 23.0 Å². The van der Waals surface area contributed by atoms with E-state index in [9.17, 15) is 19.5 Å². The van der Waals surface area contributed by atoms with Crippen LogP contribution in [0.2, 0.25) is 0 Å². The van der Waals surface area contributed by atoms with Crippen LogP contribution in [0.25, 0.3) is 28.0 Å². The average molecular weight is 487 g/mol. The molecular formula is C25H21N5O6. The first kappa shape index (κ1) is 23.0. The second-order valence-corrected chi connectivity index (χ2v) is 7.97. The minimum Gasteiger partial charge on any atom is -0.466 e. The number of esters is 1. The van der Waals surface area contributed by atoms with E-state index in [-0.39, 0.29) is 42.2 Å². The van der Waals surface area contributed by atoms with Gasteiger partial charge in [0.2, 0.25) is 0 Å². The van der Waals surface area contributed by atoms with E-state index in [4.69, 9.17) is 9.15 Å². The lowest BCUT2D eigenvalue weighted by atomic mass is 10.2. The predicted molar refractivity (Wildman–Crippen MR) is 129 cm³/mol. The van der Waals surface area contributed by atoms with Crippen LogP contribution >= 0.6 is 0 Å². The molecule has 1 aliphatic rings. The molecule has 0 atom stereocenters. The van der Waals surface area contributed by atoms with Crippen LogP contribution in [0, 0.1) is 0 Å². The molecule has 0 spiro atoms. The summed E-state index contributed by atoms with van der Waals surface area (Å²) in [4.78, 5) is 43.3. The summed E-state index contributed by atoms with van der Waals surface area (Å²) in [6.45, 7) is -0.146. The molecule has 36 heavy (non-hydrogen) atoms. The lowest BCUT2D eigenvalue weighted by Crippen LogP contribution is -2.31. The second kappa shape index (κ2) is 9.47. The van der Waals surface area contributed by atoms with Crippen LogP contribution in [-0.4, -0.2) is 63.5 Å². The monoisotopic (exact) mass is 487 g/mol. The fourth-order valence-corrected chi connectivity index (χ4v) is 3.93. The van der Waals surface area contributed by atoms with Gasteiger partial charge in [-0.15, -0.1) is 5.10 Å². The van der Waals surface area contributed by atoms with Crippen LogP contribution in [0.1, 0.15) is 0 Å². The summed E-state index contributed by atoms with van der Waals surface area (Å²) in [6, 6.07) is 16.0. The first-order valence-corrected chi connectivity index (χ1v) is 11.0. The summed E-state index contributed by atoms with van der Waals surface area (Å²) in [5, 5.41) is 17.2. The normalized spacial score (nSPS) is 13.5. The van der Waals surface area contributed by atoms with E-state index in [1.54, 1.807) is 24.3 Å². The van der Waals surface area contributed by atoms with Crippen LogP contribution in [-0.2, 0) is 14.3 Å². The first-order chi connectivity index (χ1) is 17.5. The number of nitrogens with one attached hydrogen (secondary N) is 1. The quantitative estimate of drug-likeness (QED) is 0.294. The number of anilines is 1. The van der Waals surface area contributed by atoms with Gasteiger partial charge in [-0.25, -0.2) is 19.3 Å². The minimum atomic E-state index is -0.647. The highest BCUT2D eigenvalue weighted by molar-refractivity contribution is 6.08. The molecule has 0 fully saturated rings. The fraction of sp³-hybridized carbons (Fsp3) is 0.160. The Hall–Kier alpha value is -4.77. The summed E-state index contributed by atoms with van der Waals surface area (Å²) >= 11 is 0. The van der Waals surface area contributed by atoms with Crippen molar-refractivity contribution in [2.24, 2.45) is 0 Å². The largest absolute Gasteiger partial charge is 0.466 e. The molecule has 3 heterocycles. The third-order valence-electron chi connectivity index (χ3n) is 5.71. The molecule has 4 aromatic rings. The molecular weight excluding hydrogens is 466 g/mol. The van der Waals surface area contributed by atoms with Crippen molar-refractivity contribution in [2.45, 2.75) is 0 Å². The second-order valence-electron chi connectivity index (χ2n) is 7.97. The number of β-amino-alcohol motifs (C(OH)–C–C–N with tert-alkyl or cyclic N) is 1.